The van der Waals surface area contributed by atoms with Gasteiger partial charge in [0, 0.05) is 6.08 Å². The summed E-state index contributed by atoms with van der Waals surface area (Å²) in [6.45, 7) is 6.47. The first-order valence-electron chi connectivity index (χ1n) is 5.48. The summed E-state index contributed by atoms with van der Waals surface area (Å²) in [6, 6.07) is 7.93. The molecule has 0 radical (unpaired) electrons. The molecule has 0 bridgehead atoms. The topological polar surface area (TPSA) is 37.3 Å². The van der Waals surface area contributed by atoms with E-state index in [1.165, 1.54) is 11.6 Å². The van der Waals surface area contributed by atoms with Gasteiger partial charge in [0.2, 0.25) is 0 Å². The molecule has 0 saturated carbocycles. The van der Waals surface area contributed by atoms with Gasteiger partial charge in [0.05, 0.1) is 0 Å². The van der Waals surface area contributed by atoms with Gasteiger partial charge in [-0.3, -0.25) is 0 Å². The number of carboxylic acids is 1. The highest BCUT2D eigenvalue weighted by Gasteiger charge is 2.19. The molecule has 1 aromatic rings. The van der Waals surface area contributed by atoms with Crippen molar-refractivity contribution in [2.24, 2.45) is 0 Å². The molecule has 2 nitrogen and oxygen atoms in total. The van der Waals surface area contributed by atoms with Crippen LogP contribution in [0.5, 0.6) is 0 Å². The number of hydrogen-bond acceptors (Lipinski definition) is 1. The van der Waals surface area contributed by atoms with Gasteiger partial charge >= 0.3 is 5.97 Å². The lowest BCUT2D eigenvalue weighted by atomic mass is 9.79. The first-order chi connectivity index (χ1) is 7.47. The van der Waals surface area contributed by atoms with Crippen LogP contribution in [0.3, 0.4) is 0 Å². The molecule has 0 atom stereocenters. The smallest absolute Gasteiger partial charge is 0.328 e. The molecular weight excluding hydrogens is 200 g/mol. The minimum atomic E-state index is -0.913. The van der Waals surface area contributed by atoms with E-state index in [1.54, 1.807) is 6.08 Å². The second-order valence-electron chi connectivity index (χ2n) is 4.50. The molecule has 0 amide bonds. The van der Waals surface area contributed by atoms with Crippen LogP contribution in [0.4, 0.5) is 0 Å². The lowest BCUT2D eigenvalue weighted by molar-refractivity contribution is -0.131. The van der Waals surface area contributed by atoms with Crippen LogP contribution >= 0.6 is 0 Å². The van der Waals surface area contributed by atoms with Crippen molar-refractivity contribution in [2.45, 2.75) is 32.6 Å². The minimum absolute atomic E-state index is 0.0689. The number of benzene rings is 1. The summed E-state index contributed by atoms with van der Waals surface area (Å²) in [5.74, 6) is -0.913. The number of carbonyl (C=O) groups is 1. The Morgan fingerprint density at radius 1 is 1.38 bits per heavy atom. The van der Waals surface area contributed by atoms with E-state index in [4.69, 9.17) is 5.11 Å². The Labute approximate surface area is 96.6 Å². The predicted octanol–water partition coefficient (Wildman–Crippen LogP) is 3.47. The third-order valence-electron chi connectivity index (χ3n) is 2.98. The fraction of sp³-hybridized carbons (Fsp3) is 0.357. The molecule has 1 rings (SSSR count). The van der Waals surface area contributed by atoms with Crippen LogP contribution in [0, 0.1) is 0 Å². The Morgan fingerprint density at radius 2 is 2.00 bits per heavy atom. The third kappa shape index (κ3) is 2.96. The summed E-state index contributed by atoms with van der Waals surface area (Å²) in [6.07, 6.45) is 3.87. The fourth-order valence-electron chi connectivity index (χ4n) is 1.61. The van der Waals surface area contributed by atoms with Crippen LogP contribution in [-0.2, 0) is 10.2 Å². The summed E-state index contributed by atoms with van der Waals surface area (Å²) in [5.41, 5.74) is 2.24. The molecule has 86 valence electrons. The van der Waals surface area contributed by atoms with Gasteiger partial charge in [0.15, 0.2) is 0 Å². The van der Waals surface area contributed by atoms with Crippen molar-refractivity contribution in [3.8, 4) is 0 Å². The molecule has 0 heterocycles. The summed E-state index contributed by atoms with van der Waals surface area (Å²) in [7, 11) is 0. The van der Waals surface area contributed by atoms with Crippen molar-refractivity contribution in [1.82, 2.24) is 0 Å². The average molecular weight is 218 g/mol. The van der Waals surface area contributed by atoms with Crippen LogP contribution in [0.25, 0.3) is 6.08 Å². The normalized spacial score (nSPS) is 11.9. The lowest BCUT2D eigenvalue weighted by Gasteiger charge is -2.25. The van der Waals surface area contributed by atoms with Crippen molar-refractivity contribution in [1.29, 1.82) is 0 Å². The van der Waals surface area contributed by atoms with E-state index in [9.17, 15) is 4.79 Å². The fourth-order valence-corrected chi connectivity index (χ4v) is 1.61. The Bertz CT molecular complexity index is 403. The SMILES string of the molecule is CCC(C)(C)c1ccccc1/C=C/C(=O)O. The summed E-state index contributed by atoms with van der Waals surface area (Å²) in [4.78, 5) is 10.5. The Kier molecular flexibility index (Phi) is 3.88. The first kappa shape index (κ1) is 12.5. The van der Waals surface area contributed by atoms with E-state index in [2.05, 4.69) is 26.8 Å². The highest BCUT2D eigenvalue weighted by molar-refractivity contribution is 5.85. The van der Waals surface area contributed by atoms with E-state index in [-0.39, 0.29) is 5.41 Å². The number of rotatable bonds is 4. The zero-order valence-electron chi connectivity index (χ0n) is 10.0. The maximum absolute atomic E-state index is 10.5. The quantitative estimate of drug-likeness (QED) is 0.786. The molecule has 0 saturated heterocycles. The highest BCUT2D eigenvalue weighted by Crippen LogP contribution is 2.30. The van der Waals surface area contributed by atoms with Crippen LogP contribution in [-0.4, -0.2) is 11.1 Å². The average Bonchev–Trinajstić information content (AvgIpc) is 2.26. The largest absolute Gasteiger partial charge is 0.478 e. The summed E-state index contributed by atoms with van der Waals surface area (Å²) >= 11 is 0. The van der Waals surface area contributed by atoms with Crippen molar-refractivity contribution in [3.05, 3.63) is 41.5 Å². The van der Waals surface area contributed by atoms with E-state index >= 15 is 0 Å². The Morgan fingerprint density at radius 3 is 2.56 bits per heavy atom. The van der Waals surface area contributed by atoms with Crippen LogP contribution in [0.15, 0.2) is 30.3 Å². The monoisotopic (exact) mass is 218 g/mol. The maximum Gasteiger partial charge on any atom is 0.328 e. The Hall–Kier alpha value is -1.57. The van der Waals surface area contributed by atoms with E-state index < -0.39 is 5.97 Å². The van der Waals surface area contributed by atoms with Crippen molar-refractivity contribution >= 4 is 12.0 Å². The molecule has 1 N–H and O–H groups in total. The van der Waals surface area contributed by atoms with Gasteiger partial charge in [-0.05, 0) is 29.0 Å². The molecule has 0 fully saturated rings. The van der Waals surface area contributed by atoms with Gasteiger partial charge in [0.25, 0.3) is 0 Å². The zero-order valence-corrected chi connectivity index (χ0v) is 10.0. The number of carboxylic acid groups (broad SMARTS) is 1. The second-order valence-corrected chi connectivity index (χ2v) is 4.50. The summed E-state index contributed by atoms with van der Waals surface area (Å²) < 4.78 is 0. The Balaban J connectivity index is 3.15. The predicted molar refractivity (Wildman–Crippen MR) is 66.4 cm³/mol. The maximum atomic E-state index is 10.5. The van der Waals surface area contributed by atoms with Gasteiger partial charge < -0.3 is 5.11 Å². The van der Waals surface area contributed by atoms with E-state index in [1.807, 2.05) is 18.2 Å². The molecule has 2 heteroatoms. The summed E-state index contributed by atoms with van der Waals surface area (Å²) in [5, 5.41) is 8.64. The first-order valence-corrected chi connectivity index (χ1v) is 5.48. The van der Waals surface area contributed by atoms with E-state index in [0.29, 0.717) is 0 Å². The molecular formula is C14H18O2. The molecule has 0 unspecified atom stereocenters. The van der Waals surface area contributed by atoms with Crippen molar-refractivity contribution < 1.29 is 9.90 Å². The van der Waals surface area contributed by atoms with Crippen LogP contribution in [0.1, 0.15) is 38.3 Å². The third-order valence-corrected chi connectivity index (χ3v) is 2.98. The number of aliphatic carboxylic acids is 1. The van der Waals surface area contributed by atoms with Gasteiger partial charge in [-0.2, -0.15) is 0 Å². The minimum Gasteiger partial charge on any atom is -0.478 e. The van der Waals surface area contributed by atoms with Gasteiger partial charge in [-0.15, -0.1) is 0 Å². The van der Waals surface area contributed by atoms with Crippen LogP contribution in [0.2, 0.25) is 0 Å². The van der Waals surface area contributed by atoms with Gasteiger partial charge in [-0.1, -0.05) is 45.0 Å². The van der Waals surface area contributed by atoms with E-state index in [0.717, 1.165) is 12.0 Å². The standard InChI is InChI=1S/C14H18O2/c1-4-14(2,3)12-8-6-5-7-11(12)9-10-13(15)16/h5-10H,4H2,1-3H3,(H,15,16)/b10-9+. The van der Waals surface area contributed by atoms with Crippen molar-refractivity contribution in [3.63, 3.8) is 0 Å². The van der Waals surface area contributed by atoms with Gasteiger partial charge in [-0.25, -0.2) is 4.79 Å². The molecule has 0 aliphatic rings. The van der Waals surface area contributed by atoms with Crippen molar-refractivity contribution in [2.75, 3.05) is 0 Å². The molecule has 1 aromatic carbocycles. The zero-order chi connectivity index (χ0) is 12.2. The lowest BCUT2D eigenvalue weighted by Crippen LogP contribution is -2.16. The highest BCUT2D eigenvalue weighted by atomic mass is 16.4. The van der Waals surface area contributed by atoms with Crippen LogP contribution < -0.4 is 0 Å². The second kappa shape index (κ2) is 4.97. The molecule has 0 spiro atoms. The van der Waals surface area contributed by atoms with Gasteiger partial charge in [0.1, 0.15) is 0 Å². The molecule has 0 aliphatic carbocycles. The number of hydrogen-bond donors (Lipinski definition) is 1. The molecule has 0 aromatic heterocycles. The molecule has 0 aliphatic heterocycles. The molecule has 16 heavy (non-hydrogen) atoms.